The van der Waals surface area contributed by atoms with Crippen molar-refractivity contribution in [2.24, 2.45) is 0 Å². The molecule has 0 unspecified atom stereocenters. The van der Waals surface area contributed by atoms with Crippen LogP contribution in [0.2, 0.25) is 0 Å². The van der Waals surface area contributed by atoms with Crippen LogP contribution < -0.4 is 5.73 Å². The molecule has 2 rings (SSSR count). The van der Waals surface area contributed by atoms with Crippen molar-refractivity contribution in [1.29, 1.82) is 0 Å². The average molecular weight is 214 g/mol. The van der Waals surface area contributed by atoms with Crippen molar-refractivity contribution in [2.75, 3.05) is 5.73 Å². The standard InChI is InChI=1S/C10H11NO2.ClH/c1-10(2)8-5-6(11)3-4-7(8)9(12)13-10;/h3-5H,11H2,1-2H3;1H. The number of ether oxygens (including phenoxy) is 1. The van der Waals surface area contributed by atoms with Crippen LogP contribution in [0.5, 0.6) is 0 Å². The van der Waals surface area contributed by atoms with Gasteiger partial charge in [-0.05, 0) is 32.0 Å². The second kappa shape index (κ2) is 3.17. The monoisotopic (exact) mass is 213 g/mol. The van der Waals surface area contributed by atoms with Crippen LogP contribution in [0.25, 0.3) is 0 Å². The number of rotatable bonds is 0. The summed E-state index contributed by atoms with van der Waals surface area (Å²) in [6.45, 7) is 3.71. The Bertz CT molecular complexity index is 388. The molecular weight excluding hydrogens is 202 g/mol. The fraction of sp³-hybridized carbons (Fsp3) is 0.300. The molecule has 1 aromatic carbocycles. The molecule has 0 saturated carbocycles. The molecule has 1 aliphatic heterocycles. The number of benzene rings is 1. The van der Waals surface area contributed by atoms with Crippen molar-refractivity contribution in [2.45, 2.75) is 19.4 Å². The number of hydrogen-bond donors (Lipinski definition) is 1. The summed E-state index contributed by atoms with van der Waals surface area (Å²) in [6.07, 6.45) is 0. The Hall–Kier alpha value is -1.22. The Labute approximate surface area is 88.7 Å². The van der Waals surface area contributed by atoms with Crippen LogP contribution >= 0.6 is 12.4 Å². The van der Waals surface area contributed by atoms with Crippen LogP contribution in [0, 0.1) is 0 Å². The predicted octanol–water partition coefficient (Wildman–Crippen LogP) is 2.10. The van der Waals surface area contributed by atoms with Gasteiger partial charge in [0.25, 0.3) is 0 Å². The minimum atomic E-state index is -0.540. The Morgan fingerprint density at radius 1 is 1.36 bits per heavy atom. The number of hydrogen-bond acceptors (Lipinski definition) is 3. The summed E-state index contributed by atoms with van der Waals surface area (Å²) in [5.74, 6) is -0.264. The summed E-state index contributed by atoms with van der Waals surface area (Å²) in [7, 11) is 0. The SMILES string of the molecule is CC1(C)OC(=O)c2ccc(N)cc21.Cl. The lowest BCUT2D eigenvalue weighted by atomic mass is 9.96. The quantitative estimate of drug-likeness (QED) is 0.531. The number of cyclic esters (lactones) is 1. The molecule has 0 bridgehead atoms. The zero-order valence-corrected chi connectivity index (χ0v) is 8.85. The molecule has 0 saturated heterocycles. The molecule has 76 valence electrons. The molecule has 0 radical (unpaired) electrons. The van der Waals surface area contributed by atoms with E-state index < -0.39 is 5.60 Å². The topological polar surface area (TPSA) is 52.3 Å². The third-order valence-electron chi connectivity index (χ3n) is 2.26. The van der Waals surface area contributed by atoms with E-state index >= 15 is 0 Å². The summed E-state index contributed by atoms with van der Waals surface area (Å²) in [4.78, 5) is 11.3. The number of halogens is 1. The minimum absolute atomic E-state index is 0. The van der Waals surface area contributed by atoms with Gasteiger partial charge in [0, 0.05) is 11.3 Å². The maximum atomic E-state index is 11.3. The van der Waals surface area contributed by atoms with E-state index in [4.69, 9.17) is 10.5 Å². The summed E-state index contributed by atoms with van der Waals surface area (Å²) in [6, 6.07) is 5.21. The molecule has 0 aliphatic carbocycles. The van der Waals surface area contributed by atoms with E-state index in [-0.39, 0.29) is 18.4 Å². The van der Waals surface area contributed by atoms with Gasteiger partial charge in [-0.15, -0.1) is 12.4 Å². The van der Waals surface area contributed by atoms with Gasteiger partial charge in [-0.25, -0.2) is 4.79 Å². The number of anilines is 1. The lowest BCUT2D eigenvalue weighted by Crippen LogP contribution is -2.16. The Morgan fingerprint density at radius 2 is 2.00 bits per heavy atom. The van der Waals surface area contributed by atoms with Crippen molar-refractivity contribution in [1.82, 2.24) is 0 Å². The van der Waals surface area contributed by atoms with Crippen LogP contribution in [0.15, 0.2) is 18.2 Å². The molecule has 0 aromatic heterocycles. The molecule has 2 N–H and O–H groups in total. The van der Waals surface area contributed by atoms with Gasteiger partial charge < -0.3 is 10.5 Å². The van der Waals surface area contributed by atoms with Crippen molar-refractivity contribution in [3.05, 3.63) is 29.3 Å². The first-order chi connectivity index (χ1) is 6.00. The third kappa shape index (κ3) is 1.44. The number of esters is 1. The van der Waals surface area contributed by atoms with Gasteiger partial charge >= 0.3 is 5.97 Å². The smallest absolute Gasteiger partial charge is 0.339 e. The number of fused-ring (bicyclic) bond motifs is 1. The highest BCUT2D eigenvalue weighted by molar-refractivity contribution is 5.95. The van der Waals surface area contributed by atoms with E-state index in [0.717, 1.165) is 5.56 Å². The zero-order valence-electron chi connectivity index (χ0n) is 8.03. The predicted molar refractivity (Wildman–Crippen MR) is 56.5 cm³/mol. The minimum Gasteiger partial charge on any atom is -0.451 e. The molecule has 0 spiro atoms. The molecule has 14 heavy (non-hydrogen) atoms. The number of nitrogen functional groups attached to an aromatic ring is 1. The fourth-order valence-electron chi connectivity index (χ4n) is 1.58. The van der Waals surface area contributed by atoms with E-state index in [2.05, 4.69) is 0 Å². The van der Waals surface area contributed by atoms with E-state index in [1.165, 1.54) is 0 Å². The van der Waals surface area contributed by atoms with Crippen molar-refractivity contribution in [3.8, 4) is 0 Å². The highest BCUT2D eigenvalue weighted by atomic mass is 35.5. The zero-order chi connectivity index (χ0) is 9.64. The van der Waals surface area contributed by atoms with Crippen LogP contribution in [0.4, 0.5) is 5.69 Å². The Balaban J connectivity index is 0.000000980. The van der Waals surface area contributed by atoms with E-state index in [9.17, 15) is 4.79 Å². The van der Waals surface area contributed by atoms with E-state index in [1.807, 2.05) is 13.8 Å². The first-order valence-electron chi connectivity index (χ1n) is 4.14. The molecule has 3 nitrogen and oxygen atoms in total. The maximum Gasteiger partial charge on any atom is 0.339 e. The molecule has 0 atom stereocenters. The van der Waals surface area contributed by atoms with Gasteiger partial charge in [0.1, 0.15) is 5.60 Å². The maximum absolute atomic E-state index is 11.3. The average Bonchev–Trinajstić information content (AvgIpc) is 2.23. The van der Waals surface area contributed by atoms with Crippen LogP contribution in [-0.2, 0) is 10.3 Å². The lowest BCUT2D eigenvalue weighted by Gasteiger charge is -2.17. The first-order valence-corrected chi connectivity index (χ1v) is 4.14. The highest BCUT2D eigenvalue weighted by Crippen LogP contribution is 2.36. The summed E-state index contributed by atoms with van der Waals surface area (Å²) < 4.78 is 5.18. The summed E-state index contributed by atoms with van der Waals surface area (Å²) in [5.41, 5.74) is 7.25. The van der Waals surface area contributed by atoms with Gasteiger partial charge in [0.15, 0.2) is 0 Å². The van der Waals surface area contributed by atoms with Crippen LogP contribution in [0.3, 0.4) is 0 Å². The molecular formula is C10H12ClNO2. The summed E-state index contributed by atoms with van der Waals surface area (Å²) in [5, 5.41) is 0. The molecule has 1 aromatic rings. The van der Waals surface area contributed by atoms with Gasteiger partial charge in [0.2, 0.25) is 0 Å². The summed E-state index contributed by atoms with van der Waals surface area (Å²) >= 11 is 0. The Kier molecular flexibility index (Phi) is 2.46. The van der Waals surface area contributed by atoms with E-state index in [0.29, 0.717) is 11.3 Å². The number of carbonyl (C=O) groups excluding carboxylic acids is 1. The second-order valence-electron chi connectivity index (χ2n) is 3.70. The van der Waals surface area contributed by atoms with Gasteiger partial charge in [-0.2, -0.15) is 0 Å². The lowest BCUT2D eigenvalue weighted by molar-refractivity contribution is 0.00955. The second-order valence-corrected chi connectivity index (χ2v) is 3.70. The Morgan fingerprint density at radius 3 is 2.64 bits per heavy atom. The highest BCUT2D eigenvalue weighted by Gasteiger charge is 2.37. The van der Waals surface area contributed by atoms with Crippen molar-refractivity contribution >= 4 is 24.1 Å². The van der Waals surface area contributed by atoms with Crippen LogP contribution in [0.1, 0.15) is 29.8 Å². The van der Waals surface area contributed by atoms with Crippen molar-refractivity contribution < 1.29 is 9.53 Å². The normalized spacial score (nSPS) is 16.9. The number of nitrogens with two attached hydrogens (primary N) is 1. The molecule has 1 heterocycles. The van der Waals surface area contributed by atoms with Crippen LogP contribution in [-0.4, -0.2) is 5.97 Å². The molecule has 1 aliphatic rings. The van der Waals surface area contributed by atoms with Crippen molar-refractivity contribution in [3.63, 3.8) is 0 Å². The van der Waals surface area contributed by atoms with Gasteiger partial charge in [-0.1, -0.05) is 0 Å². The third-order valence-corrected chi connectivity index (χ3v) is 2.26. The van der Waals surface area contributed by atoms with Gasteiger partial charge in [0.05, 0.1) is 5.56 Å². The molecule has 4 heteroatoms. The van der Waals surface area contributed by atoms with Gasteiger partial charge in [-0.3, -0.25) is 0 Å². The largest absolute Gasteiger partial charge is 0.451 e. The first kappa shape index (κ1) is 10.9. The fourth-order valence-corrected chi connectivity index (χ4v) is 1.58. The number of carbonyl (C=O) groups is 1. The molecule has 0 fully saturated rings. The van der Waals surface area contributed by atoms with E-state index in [1.54, 1.807) is 18.2 Å². The molecule has 0 amide bonds.